The van der Waals surface area contributed by atoms with Crippen LogP contribution in [0.1, 0.15) is 55.6 Å². The number of carbonyl (C=O) groups excluding carboxylic acids is 1. The molecule has 0 fully saturated rings. The Labute approximate surface area is 316 Å². The molecule has 2 aliphatic rings. The fraction of sp³-hybridized carbons (Fsp3) is 0.229. The maximum absolute atomic E-state index is 13.5. The zero-order valence-corrected chi connectivity index (χ0v) is 33.7. The molecule has 0 radical (unpaired) electrons. The zero-order valence-electron chi connectivity index (χ0n) is 31.9. The van der Waals surface area contributed by atoms with Crippen LogP contribution in [0, 0.1) is 55.4 Å². The normalized spacial score (nSPS) is 17.2. The number of benzene rings is 6. The van der Waals surface area contributed by atoms with Crippen molar-refractivity contribution in [3.63, 3.8) is 0 Å². The van der Waals surface area contributed by atoms with Crippen molar-refractivity contribution in [3.8, 4) is 11.5 Å². The third-order valence-corrected chi connectivity index (χ3v) is 15.4. The van der Waals surface area contributed by atoms with Crippen molar-refractivity contribution in [3.05, 3.63) is 165 Å². The molecule has 8 rings (SSSR count). The first-order valence-corrected chi connectivity index (χ1v) is 21.1. The van der Waals surface area contributed by atoms with Gasteiger partial charge in [0.25, 0.3) is 0 Å². The number of hydrogen-bond acceptors (Lipinski definition) is 3. The maximum atomic E-state index is 13.5. The predicted octanol–water partition coefficient (Wildman–Crippen LogP) is 8.31. The van der Waals surface area contributed by atoms with Crippen molar-refractivity contribution in [1.29, 1.82) is 0 Å². The largest absolute Gasteiger partial charge is 0.492 e. The average molecular weight is 733 g/mol. The minimum atomic E-state index is -1.05. The van der Waals surface area contributed by atoms with Gasteiger partial charge in [0.1, 0.15) is 23.5 Å². The van der Waals surface area contributed by atoms with Crippen LogP contribution in [0.5, 0.6) is 11.5 Å². The highest BCUT2D eigenvalue weighted by Gasteiger charge is 2.58. The smallest absolute Gasteiger partial charge is 0.171 e. The summed E-state index contributed by atoms with van der Waals surface area (Å²) in [4.78, 5) is 13.5. The minimum absolute atomic E-state index is 0.332. The topological polar surface area (TPSA) is 35.5 Å². The number of carbonyl (C=O) groups is 1. The number of hydrogen-bond donors (Lipinski definition) is 0. The van der Waals surface area contributed by atoms with Gasteiger partial charge in [-0.15, -0.1) is 0 Å². The number of aldehydes is 1. The van der Waals surface area contributed by atoms with E-state index in [0.29, 0.717) is 6.61 Å². The second-order valence-corrected chi connectivity index (χ2v) is 19.7. The van der Waals surface area contributed by atoms with Gasteiger partial charge >= 0.3 is 0 Å². The fourth-order valence-electron chi connectivity index (χ4n) is 8.91. The van der Waals surface area contributed by atoms with Crippen molar-refractivity contribution in [1.82, 2.24) is 0 Å². The number of rotatable bonds is 7. The van der Waals surface area contributed by atoms with Gasteiger partial charge in [-0.3, -0.25) is 4.79 Å². The van der Waals surface area contributed by atoms with Crippen LogP contribution in [0.15, 0.2) is 109 Å². The van der Waals surface area contributed by atoms with Crippen LogP contribution in [-0.4, -0.2) is 19.0 Å². The van der Waals surface area contributed by atoms with E-state index in [1.807, 2.05) is 0 Å². The van der Waals surface area contributed by atoms with Crippen molar-refractivity contribution in [2.45, 2.75) is 66.9 Å². The van der Waals surface area contributed by atoms with E-state index in [2.05, 4.69) is 165 Å². The van der Waals surface area contributed by atoms with Gasteiger partial charge in [0, 0.05) is 11.1 Å². The van der Waals surface area contributed by atoms with Crippen LogP contribution in [-0.2, 0) is 10.2 Å². The Bertz CT molecular complexity index is 2120. The lowest BCUT2D eigenvalue weighted by atomic mass is 9.73. The molecule has 2 aliphatic heterocycles. The molecule has 5 heteroatoms. The van der Waals surface area contributed by atoms with E-state index in [0.717, 1.165) is 28.9 Å². The Kier molecular flexibility index (Phi) is 9.17. The van der Waals surface area contributed by atoms with E-state index >= 15 is 0 Å². The van der Waals surface area contributed by atoms with E-state index in [-0.39, 0.29) is 0 Å². The Morgan fingerprint density at radius 1 is 0.509 bits per heavy atom. The van der Waals surface area contributed by atoms with Crippen molar-refractivity contribution in [2.24, 2.45) is 0 Å². The summed E-state index contributed by atoms with van der Waals surface area (Å²) >= 11 is 0. The molecule has 6 aromatic rings. The number of ether oxygens (including phenoxy) is 2. The van der Waals surface area contributed by atoms with Crippen molar-refractivity contribution < 1.29 is 14.3 Å². The van der Waals surface area contributed by atoms with Crippen LogP contribution in [0.3, 0.4) is 0 Å². The van der Waals surface area contributed by atoms with E-state index < -0.39 is 27.4 Å². The summed E-state index contributed by atoms with van der Waals surface area (Å²) in [5, 5.41) is 7.60. The molecular formula is C48H46O3P2. The molecule has 0 aliphatic carbocycles. The van der Waals surface area contributed by atoms with Gasteiger partial charge in [0.15, 0.2) is 12.4 Å². The van der Waals surface area contributed by atoms with E-state index in [1.165, 1.54) is 76.3 Å². The zero-order chi connectivity index (χ0) is 37.2. The van der Waals surface area contributed by atoms with Crippen LogP contribution >= 0.6 is 15.8 Å². The van der Waals surface area contributed by atoms with E-state index in [4.69, 9.17) is 9.47 Å². The van der Waals surface area contributed by atoms with Gasteiger partial charge in [-0.25, -0.2) is 0 Å². The van der Waals surface area contributed by atoms with Crippen LogP contribution in [0.25, 0.3) is 0 Å². The minimum Gasteiger partial charge on any atom is -0.492 e. The molecule has 0 amide bonds. The first-order chi connectivity index (χ1) is 25.4. The SMILES string of the molecule is Cc1cc(C)cc(P(c2cc(C)cc(C)c2)c2cccc3c2C2(CO3)c3c(cccc3P(c3cc(C)cc(C)c3)c3cc(C)cc(C)c3)O[C@@H]2C=O)c1. The highest BCUT2D eigenvalue weighted by atomic mass is 31.1. The van der Waals surface area contributed by atoms with Gasteiger partial charge in [-0.05, 0) is 115 Å². The summed E-state index contributed by atoms with van der Waals surface area (Å²) in [5.74, 6) is 1.61. The van der Waals surface area contributed by atoms with Gasteiger partial charge in [-0.2, -0.15) is 0 Å². The Morgan fingerprint density at radius 2 is 0.849 bits per heavy atom. The Hall–Kier alpha value is -4.55. The van der Waals surface area contributed by atoms with Gasteiger partial charge < -0.3 is 9.47 Å². The molecule has 266 valence electrons. The molecular weight excluding hydrogens is 686 g/mol. The maximum Gasteiger partial charge on any atom is 0.171 e. The second-order valence-electron chi connectivity index (χ2n) is 15.3. The van der Waals surface area contributed by atoms with Crippen molar-refractivity contribution >= 4 is 54.0 Å². The number of aryl methyl sites for hydroxylation is 8. The monoisotopic (exact) mass is 732 g/mol. The van der Waals surface area contributed by atoms with Crippen molar-refractivity contribution in [2.75, 3.05) is 6.61 Å². The molecule has 0 saturated heterocycles. The van der Waals surface area contributed by atoms with E-state index in [9.17, 15) is 4.79 Å². The summed E-state index contributed by atoms with van der Waals surface area (Å²) in [6.45, 7) is 17.8. The molecule has 0 N–H and O–H groups in total. The lowest BCUT2D eigenvalue weighted by Gasteiger charge is -2.33. The average Bonchev–Trinajstić information content (AvgIpc) is 3.62. The molecule has 0 aromatic heterocycles. The van der Waals surface area contributed by atoms with Crippen LogP contribution < -0.4 is 41.3 Å². The summed E-state index contributed by atoms with van der Waals surface area (Å²) in [6, 6.07) is 40.7. The highest BCUT2D eigenvalue weighted by Crippen LogP contribution is 2.56. The van der Waals surface area contributed by atoms with Gasteiger partial charge in [0.05, 0.1) is 0 Å². The van der Waals surface area contributed by atoms with E-state index in [1.54, 1.807) is 0 Å². The first-order valence-electron chi connectivity index (χ1n) is 18.4. The summed E-state index contributed by atoms with van der Waals surface area (Å²) < 4.78 is 13.6. The van der Waals surface area contributed by atoms with Gasteiger partial charge in [0.2, 0.25) is 0 Å². The molecule has 2 heterocycles. The van der Waals surface area contributed by atoms with Crippen LogP contribution in [0.2, 0.25) is 0 Å². The predicted molar refractivity (Wildman–Crippen MR) is 225 cm³/mol. The standard InChI is InChI=1S/C48H46O3P2/c1-29-15-30(2)20-37(19-29)52(38-21-31(3)16-32(4)22-38)43-13-9-11-41-46(43)48(28-50-41)45(27-49)51-42-12-10-14-44(47(42)48)53(39-23-33(5)17-34(6)24-39)40-25-35(7)18-36(8)26-40/h9-27,45H,28H2,1-8H3/t45-,48?/m1/s1. The molecule has 1 unspecified atom stereocenters. The molecule has 1 spiro atoms. The summed E-state index contributed by atoms with van der Waals surface area (Å²) in [6.07, 6.45) is 0.275. The third-order valence-electron chi connectivity index (χ3n) is 10.6. The lowest BCUT2D eigenvalue weighted by molar-refractivity contribution is -0.115. The van der Waals surface area contributed by atoms with Gasteiger partial charge in [-0.1, -0.05) is 142 Å². The number of fused-ring (bicyclic) bond motifs is 4. The lowest BCUT2D eigenvalue weighted by Crippen LogP contribution is -2.47. The molecule has 3 nitrogen and oxygen atoms in total. The quantitative estimate of drug-likeness (QED) is 0.122. The molecule has 0 bridgehead atoms. The third kappa shape index (κ3) is 6.23. The molecule has 53 heavy (non-hydrogen) atoms. The Morgan fingerprint density at radius 3 is 1.21 bits per heavy atom. The fourth-order valence-corrected chi connectivity index (χ4v) is 14.8. The molecule has 6 aromatic carbocycles. The van der Waals surface area contributed by atoms with Crippen LogP contribution in [0.4, 0.5) is 0 Å². The second kappa shape index (κ2) is 13.7. The summed E-state index contributed by atoms with van der Waals surface area (Å²) in [7, 11) is -2.09. The first kappa shape index (κ1) is 35.5. The Balaban J connectivity index is 1.45. The highest BCUT2D eigenvalue weighted by molar-refractivity contribution is 7.80. The molecule has 2 atom stereocenters. The molecule has 0 saturated carbocycles. The summed E-state index contributed by atoms with van der Waals surface area (Å²) in [5.41, 5.74) is 11.3.